The molecule has 3 aromatic carbocycles. The summed E-state index contributed by atoms with van der Waals surface area (Å²) in [5.74, 6) is -3.43. The number of ether oxygens (including phenoxy) is 1. The summed E-state index contributed by atoms with van der Waals surface area (Å²) in [6.07, 6.45) is 1.89. The second kappa shape index (κ2) is 20.6. The Labute approximate surface area is 350 Å². The third-order valence-electron chi connectivity index (χ3n) is 10.9. The molecule has 1 aromatic heterocycles. The number of benzene rings is 3. The van der Waals surface area contributed by atoms with E-state index in [0.29, 0.717) is 39.5 Å². The van der Waals surface area contributed by atoms with Crippen LogP contribution in [0.3, 0.4) is 0 Å². The number of aromatic nitrogens is 2. The van der Waals surface area contributed by atoms with Crippen molar-refractivity contribution in [3.05, 3.63) is 94.8 Å². The Balaban J connectivity index is 1.53. The lowest BCUT2D eigenvalue weighted by atomic mass is 9.88. The van der Waals surface area contributed by atoms with Gasteiger partial charge in [0.1, 0.15) is 24.1 Å². The zero-order valence-electron chi connectivity index (χ0n) is 34.6. The molecular weight excluding hydrogens is 763 g/mol. The van der Waals surface area contributed by atoms with Gasteiger partial charge in [0.15, 0.2) is 23.2 Å². The summed E-state index contributed by atoms with van der Waals surface area (Å²) in [7, 11) is 1.47. The first-order valence-electron chi connectivity index (χ1n) is 20.2. The van der Waals surface area contributed by atoms with Gasteiger partial charge in [-0.1, -0.05) is 50.2 Å². The summed E-state index contributed by atoms with van der Waals surface area (Å²) in [5.41, 5.74) is 16.2. The topological polar surface area (TPSA) is 232 Å². The smallest absolute Gasteiger partial charge is 0.226 e. The lowest BCUT2D eigenvalue weighted by Crippen LogP contribution is -2.46. The number of aromatic hydroxyl groups is 1. The van der Waals surface area contributed by atoms with Crippen molar-refractivity contribution >= 4 is 29.2 Å². The maximum Gasteiger partial charge on any atom is 0.226 e. The zero-order valence-corrected chi connectivity index (χ0v) is 34.6. The van der Waals surface area contributed by atoms with Crippen LogP contribution in [0.25, 0.3) is 22.5 Å². The van der Waals surface area contributed by atoms with E-state index in [-0.39, 0.29) is 81.1 Å². The average molecular weight is 816 g/mol. The van der Waals surface area contributed by atoms with E-state index in [0.717, 1.165) is 12.0 Å². The van der Waals surface area contributed by atoms with Gasteiger partial charge in [-0.3, -0.25) is 24.0 Å². The van der Waals surface area contributed by atoms with Crippen LogP contribution in [0, 0.1) is 30.1 Å². The molecule has 2 heterocycles. The van der Waals surface area contributed by atoms with Crippen LogP contribution in [-0.2, 0) is 32.0 Å². The van der Waals surface area contributed by atoms with Crippen molar-refractivity contribution in [3.8, 4) is 40.1 Å². The number of likely N-dealkylation sites (N-methyl/N-ethyl adjacent to an activating group) is 1. The number of amides is 2. The number of phenolic OH excluding ortho intramolecular Hbond substituents is 1. The van der Waals surface area contributed by atoms with Gasteiger partial charge in [-0.05, 0) is 73.7 Å². The van der Waals surface area contributed by atoms with Gasteiger partial charge in [-0.2, -0.15) is 5.26 Å². The molecule has 314 valence electrons. The standard InChI is InChI=1S/C46H53N7O7/c1-5-29-8-11-31(12-9-29)44-50-26-36(28(3)51-44)40(56)25-33(16-18-48)46(59)53(4)43-32-13-15-42(60-20-19-49)35(24-32)34-22-30(10-14-38(34)54)23-37(39(55)7-6-17-47)52-45(58)27(2)21-41(43)57/h8-15,22,24,26-27,33,37,43,54H,5-7,16,18-21,23,25,48-49H2,1-4H3,(H,52,58)/t27-,33-,37+,43+/m1/s1. The fourth-order valence-electron chi connectivity index (χ4n) is 7.46. The third-order valence-corrected chi connectivity index (χ3v) is 10.9. The van der Waals surface area contributed by atoms with Gasteiger partial charge >= 0.3 is 0 Å². The third kappa shape index (κ3) is 10.7. The number of phenols is 1. The number of aryl methyl sites for hydroxylation is 2. The Kier molecular flexibility index (Phi) is 15.4. The molecule has 14 heteroatoms. The van der Waals surface area contributed by atoms with Crippen LogP contribution in [0.15, 0.2) is 66.9 Å². The van der Waals surface area contributed by atoms with Gasteiger partial charge in [0.25, 0.3) is 0 Å². The van der Waals surface area contributed by atoms with E-state index in [2.05, 4.69) is 22.2 Å². The van der Waals surface area contributed by atoms with Crippen molar-refractivity contribution in [3.63, 3.8) is 0 Å². The predicted molar refractivity (Wildman–Crippen MR) is 226 cm³/mol. The van der Waals surface area contributed by atoms with Crippen molar-refractivity contribution < 1.29 is 33.8 Å². The Morgan fingerprint density at radius 1 is 1.03 bits per heavy atom. The largest absolute Gasteiger partial charge is 0.507 e. The molecule has 0 saturated carbocycles. The monoisotopic (exact) mass is 815 g/mol. The minimum absolute atomic E-state index is 0.0404. The Bertz CT molecular complexity index is 2270. The number of ketones is 3. The number of fused-ring (bicyclic) bond motifs is 5. The maximum atomic E-state index is 14.6. The van der Waals surface area contributed by atoms with E-state index >= 15 is 0 Å². The first kappa shape index (κ1) is 44.8. The van der Waals surface area contributed by atoms with E-state index < -0.39 is 41.5 Å². The fourth-order valence-corrected chi connectivity index (χ4v) is 7.46. The van der Waals surface area contributed by atoms with Crippen molar-refractivity contribution in [2.24, 2.45) is 23.3 Å². The van der Waals surface area contributed by atoms with Gasteiger partial charge in [0.2, 0.25) is 11.8 Å². The summed E-state index contributed by atoms with van der Waals surface area (Å²) in [4.78, 5) is 80.2. The van der Waals surface area contributed by atoms with Crippen molar-refractivity contribution in [1.29, 1.82) is 5.26 Å². The molecule has 5 rings (SSSR count). The molecule has 0 fully saturated rings. The highest BCUT2D eigenvalue weighted by molar-refractivity contribution is 6.00. The van der Waals surface area contributed by atoms with Crippen LogP contribution in [-0.4, -0.2) is 81.9 Å². The average Bonchev–Trinajstić information content (AvgIpc) is 3.24. The van der Waals surface area contributed by atoms with Gasteiger partial charge in [0, 0.05) is 74.0 Å². The van der Waals surface area contributed by atoms with Crippen molar-refractivity contribution in [2.75, 3.05) is 26.7 Å². The minimum atomic E-state index is -1.25. The van der Waals surface area contributed by atoms with Crippen LogP contribution in [0.2, 0.25) is 0 Å². The molecule has 1 aliphatic heterocycles. The predicted octanol–water partition coefficient (Wildman–Crippen LogP) is 4.97. The summed E-state index contributed by atoms with van der Waals surface area (Å²) in [6, 6.07) is 17.3. The Morgan fingerprint density at radius 2 is 1.78 bits per heavy atom. The van der Waals surface area contributed by atoms with E-state index in [1.54, 1.807) is 44.2 Å². The number of hydrogen-bond acceptors (Lipinski definition) is 12. The number of carbonyl (C=O) groups excluding carboxylic acids is 5. The summed E-state index contributed by atoms with van der Waals surface area (Å²) < 4.78 is 5.99. The Morgan fingerprint density at radius 3 is 2.45 bits per heavy atom. The number of carbonyl (C=O) groups is 5. The highest BCUT2D eigenvalue weighted by atomic mass is 16.5. The highest BCUT2D eigenvalue weighted by Gasteiger charge is 2.36. The molecule has 60 heavy (non-hydrogen) atoms. The molecule has 14 nitrogen and oxygen atoms in total. The lowest BCUT2D eigenvalue weighted by Gasteiger charge is -2.32. The fraction of sp³-hybridized carbons (Fsp3) is 0.391. The van der Waals surface area contributed by atoms with E-state index in [4.69, 9.17) is 21.5 Å². The molecule has 1 aliphatic rings. The molecule has 2 amide bonds. The van der Waals surface area contributed by atoms with Gasteiger partial charge in [-0.15, -0.1) is 0 Å². The van der Waals surface area contributed by atoms with E-state index in [1.807, 2.05) is 30.3 Å². The second-order valence-electron chi connectivity index (χ2n) is 15.2. The van der Waals surface area contributed by atoms with Crippen LogP contribution in [0.4, 0.5) is 0 Å². The van der Waals surface area contributed by atoms with Crippen LogP contribution in [0.5, 0.6) is 11.5 Å². The van der Waals surface area contributed by atoms with Gasteiger partial charge < -0.3 is 31.5 Å². The van der Waals surface area contributed by atoms with Crippen LogP contribution < -0.4 is 21.5 Å². The number of nitrogens with one attached hydrogen (secondary N) is 1. The number of nitriles is 1. The first-order chi connectivity index (χ1) is 28.8. The van der Waals surface area contributed by atoms with Gasteiger partial charge in [0.05, 0.1) is 23.4 Å². The van der Waals surface area contributed by atoms with Crippen LogP contribution in [0.1, 0.15) is 84.7 Å². The van der Waals surface area contributed by atoms with Crippen molar-refractivity contribution in [2.45, 2.75) is 77.8 Å². The highest BCUT2D eigenvalue weighted by Crippen LogP contribution is 2.40. The van der Waals surface area contributed by atoms with Crippen molar-refractivity contribution in [1.82, 2.24) is 20.2 Å². The zero-order chi connectivity index (χ0) is 43.5. The maximum absolute atomic E-state index is 14.6. The number of rotatable bonds is 15. The SMILES string of the molecule is CCc1ccc(-c2ncc(C(=O)C[C@@H](CCN)C(=O)N(C)[C@@H]3C(=O)C[C@@H](C)C(=O)N[C@H](C(=O)CCC#N)Cc4ccc(O)c(c4)-c4cc3ccc4OCCN)c(C)n2)cc1. The van der Waals surface area contributed by atoms with Crippen LogP contribution >= 0.6 is 0 Å². The van der Waals surface area contributed by atoms with E-state index in [9.17, 15) is 29.1 Å². The molecule has 0 spiro atoms. The molecule has 0 unspecified atom stereocenters. The molecule has 0 aliphatic carbocycles. The Hall–Kier alpha value is -6.30. The molecular formula is C46H53N7O7. The summed E-state index contributed by atoms with van der Waals surface area (Å²) >= 11 is 0. The molecule has 0 saturated heterocycles. The summed E-state index contributed by atoms with van der Waals surface area (Å²) in [6.45, 7) is 5.76. The molecule has 0 radical (unpaired) electrons. The number of nitrogens with two attached hydrogens (primary N) is 2. The van der Waals surface area contributed by atoms with Gasteiger partial charge in [-0.25, -0.2) is 9.97 Å². The molecule has 4 bridgehead atoms. The molecule has 6 N–H and O–H groups in total. The lowest BCUT2D eigenvalue weighted by molar-refractivity contribution is -0.142. The second-order valence-corrected chi connectivity index (χ2v) is 15.2. The normalized spacial score (nSPS) is 17.1. The summed E-state index contributed by atoms with van der Waals surface area (Å²) in [5, 5.41) is 23.1. The molecule has 4 aromatic rings. The quantitative estimate of drug-likeness (QED) is 0.117. The first-order valence-corrected chi connectivity index (χ1v) is 20.2. The van der Waals surface area contributed by atoms with E-state index in [1.165, 1.54) is 29.8 Å². The number of Topliss-reactive ketones (excluding diaryl/α,β-unsaturated/α-hetero) is 3. The number of nitrogens with zero attached hydrogens (tertiary/aromatic N) is 4. The molecule has 4 atom stereocenters. The minimum Gasteiger partial charge on any atom is -0.507 e. The number of hydrogen-bond donors (Lipinski definition) is 4.